The van der Waals surface area contributed by atoms with Crippen LogP contribution in [0.5, 0.6) is 0 Å². The van der Waals surface area contributed by atoms with Gasteiger partial charge in [0.25, 0.3) is 0 Å². The molecule has 2 heterocycles. The first-order valence-electron chi connectivity index (χ1n) is 5.05. The lowest BCUT2D eigenvalue weighted by Crippen LogP contribution is -2.02. The van der Waals surface area contributed by atoms with Crippen LogP contribution in [0.4, 0.5) is 10.3 Å². The van der Waals surface area contributed by atoms with Crippen molar-refractivity contribution in [3.63, 3.8) is 0 Å². The number of fused-ring (bicyclic) bond motifs is 1. The Hall–Kier alpha value is -1.65. The number of hydrogen-bond donors (Lipinski definition) is 1. The molecule has 0 aliphatic heterocycles. The highest BCUT2D eigenvalue weighted by Crippen LogP contribution is 2.06. The molecule has 0 fully saturated rings. The Labute approximate surface area is 87.1 Å². The van der Waals surface area contributed by atoms with Gasteiger partial charge in [0.1, 0.15) is 5.82 Å². The molecule has 0 saturated heterocycles. The summed E-state index contributed by atoms with van der Waals surface area (Å²) in [5.41, 5.74) is 0.649. The molecular weight excluding hydrogens is 195 g/mol. The number of pyridine rings is 1. The quantitative estimate of drug-likeness (QED) is 0.782. The number of anilines is 1. The second kappa shape index (κ2) is 4.25. The fourth-order valence-corrected chi connectivity index (χ4v) is 1.31. The van der Waals surface area contributed by atoms with Crippen molar-refractivity contribution in [3.8, 4) is 0 Å². The molecule has 0 saturated carbocycles. The summed E-state index contributed by atoms with van der Waals surface area (Å²) in [6.07, 6.45) is 3.51. The Balaban J connectivity index is 2.16. The number of hydrogen-bond acceptors (Lipinski definition) is 3. The molecule has 2 aromatic heterocycles. The number of rotatable bonds is 4. The monoisotopic (exact) mass is 208 g/mol. The Kier molecular flexibility index (Phi) is 2.80. The van der Waals surface area contributed by atoms with Gasteiger partial charge in [-0.15, -0.1) is 5.10 Å². The van der Waals surface area contributed by atoms with Crippen LogP contribution >= 0.6 is 0 Å². The highest BCUT2D eigenvalue weighted by Gasteiger charge is 2.02. The Morgan fingerprint density at radius 1 is 1.47 bits per heavy atom. The maximum Gasteiger partial charge on any atom is 0.243 e. The lowest BCUT2D eigenvalue weighted by atomic mass is 10.3. The fourth-order valence-electron chi connectivity index (χ4n) is 1.31. The Morgan fingerprint density at radius 2 is 2.33 bits per heavy atom. The smallest absolute Gasteiger partial charge is 0.243 e. The molecule has 0 amide bonds. The minimum atomic E-state index is -0.312. The van der Waals surface area contributed by atoms with Crippen LogP contribution in [0.1, 0.15) is 19.8 Å². The molecule has 4 nitrogen and oxygen atoms in total. The van der Waals surface area contributed by atoms with Gasteiger partial charge in [-0.25, -0.2) is 8.91 Å². The predicted molar refractivity (Wildman–Crippen MR) is 56.3 cm³/mol. The molecule has 0 radical (unpaired) electrons. The van der Waals surface area contributed by atoms with E-state index in [0.717, 1.165) is 19.4 Å². The first kappa shape index (κ1) is 9.89. The molecular formula is C10H13FN4. The minimum absolute atomic E-state index is 0.312. The van der Waals surface area contributed by atoms with Gasteiger partial charge in [-0.1, -0.05) is 13.3 Å². The maximum absolute atomic E-state index is 12.8. The van der Waals surface area contributed by atoms with Crippen molar-refractivity contribution < 1.29 is 4.39 Å². The summed E-state index contributed by atoms with van der Waals surface area (Å²) >= 11 is 0. The van der Waals surface area contributed by atoms with E-state index >= 15 is 0 Å². The van der Waals surface area contributed by atoms with Crippen molar-refractivity contribution in [3.05, 3.63) is 24.1 Å². The van der Waals surface area contributed by atoms with Crippen molar-refractivity contribution in [1.29, 1.82) is 0 Å². The molecule has 1 N–H and O–H groups in total. The number of aromatic nitrogens is 3. The number of halogens is 1. The van der Waals surface area contributed by atoms with E-state index in [1.54, 1.807) is 6.07 Å². The largest absolute Gasteiger partial charge is 0.353 e. The lowest BCUT2D eigenvalue weighted by Gasteiger charge is -1.97. The molecule has 0 unspecified atom stereocenters. The van der Waals surface area contributed by atoms with E-state index in [4.69, 9.17) is 0 Å². The zero-order valence-corrected chi connectivity index (χ0v) is 8.57. The van der Waals surface area contributed by atoms with Crippen LogP contribution in [-0.4, -0.2) is 21.1 Å². The predicted octanol–water partition coefficient (Wildman–Crippen LogP) is 2.08. The molecule has 80 valence electrons. The van der Waals surface area contributed by atoms with Gasteiger partial charge in [-0.3, -0.25) is 0 Å². The van der Waals surface area contributed by atoms with Crippen LogP contribution in [0, 0.1) is 5.82 Å². The van der Waals surface area contributed by atoms with Crippen molar-refractivity contribution in [2.75, 3.05) is 11.9 Å². The van der Waals surface area contributed by atoms with Gasteiger partial charge in [0.2, 0.25) is 5.95 Å². The molecule has 5 heteroatoms. The molecule has 0 aliphatic carbocycles. The molecule has 2 aromatic rings. The highest BCUT2D eigenvalue weighted by atomic mass is 19.1. The summed E-state index contributed by atoms with van der Waals surface area (Å²) in [6, 6.07) is 2.98. The minimum Gasteiger partial charge on any atom is -0.353 e. The van der Waals surface area contributed by atoms with Gasteiger partial charge in [0, 0.05) is 6.54 Å². The van der Waals surface area contributed by atoms with Gasteiger partial charge in [-0.2, -0.15) is 4.98 Å². The number of unbranched alkanes of at least 4 members (excludes halogenated alkanes) is 1. The first-order valence-corrected chi connectivity index (χ1v) is 5.05. The van der Waals surface area contributed by atoms with Crippen molar-refractivity contribution in [1.82, 2.24) is 14.6 Å². The average Bonchev–Trinajstić information content (AvgIpc) is 2.60. The average molecular weight is 208 g/mol. The van der Waals surface area contributed by atoms with Crippen LogP contribution in [0.25, 0.3) is 5.65 Å². The normalized spacial score (nSPS) is 10.8. The van der Waals surface area contributed by atoms with Crippen molar-refractivity contribution in [2.45, 2.75) is 19.8 Å². The summed E-state index contributed by atoms with van der Waals surface area (Å²) in [5.74, 6) is 0.238. The van der Waals surface area contributed by atoms with Gasteiger partial charge in [-0.05, 0) is 18.6 Å². The van der Waals surface area contributed by atoms with E-state index in [2.05, 4.69) is 22.3 Å². The second-order valence-electron chi connectivity index (χ2n) is 3.37. The summed E-state index contributed by atoms with van der Waals surface area (Å²) < 4.78 is 14.3. The third-order valence-electron chi connectivity index (χ3n) is 2.11. The summed E-state index contributed by atoms with van der Waals surface area (Å²) in [5, 5.41) is 7.19. The van der Waals surface area contributed by atoms with Crippen molar-refractivity contribution >= 4 is 11.6 Å². The number of nitrogens with one attached hydrogen (secondary N) is 1. The lowest BCUT2D eigenvalue weighted by molar-refractivity contribution is 0.615. The molecule has 0 aliphatic rings. The second-order valence-corrected chi connectivity index (χ2v) is 3.37. The van der Waals surface area contributed by atoms with Gasteiger partial charge in [0.15, 0.2) is 5.65 Å². The third kappa shape index (κ3) is 2.23. The Bertz CT molecular complexity index is 452. The SMILES string of the molecule is CCCCNc1nc2ccc(F)cn2n1. The Morgan fingerprint density at radius 3 is 3.13 bits per heavy atom. The van der Waals surface area contributed by atoms with Gasteiger partial charge >= 0.3 is 0 Å². The molecule has 0 spiro atoms. The van der Waals surface area contributed by atoms with Crippen LogP contribution in [0.15, 0.2) is 18.3 Å². The summed E-state index contributed by atoms with van der Waals surface area (Å²) in [7, 11) is 0. The molecule has 0 atom stereocenters. The summed E-state index contributed by atoms with van der Waals surface area (Å²) in [4.78, 5) is 4.20. The zero-order valence-electron chi connectivity index (χ0n) is 8.57. The van der Waals surface area contributed by atoms with E-state index in [0.29, 0.717) is 11.6 Å². The van der Waals surface area contributed by atoms with E-state index in [-0.39, 0.29) is 5.82 Å². The third-order valence-corrected chi connectivity index (χ3v) is 2.11. The van der Waals surface area contributed by atoms with Gasteiger partial charge < -0.3 is 5.32 Å². The maximum atomic E-state index is 12.8. The number of nitrogens with zero attached hydrogens (tertiary/aromatic N) is 3. The van der Waals surface area contributed by atoms with Crippen LogP contribution in [0.2, 0.25) is 0 Å². The van der Waals surface area contributed by atoms with E-state index in [9.17, 15) is 4.39 Å². The van der Waals surface area contributed by atoms with E-state index in [1.807, 2.05) is 0 Å². The fraction of sp³-hybridized carbons (Fsp3) is 0.400. The van der Waals surface area contributed by atoms with E-state index in [1.165, 1.54) is 16.8 Å². The topological polar surface area (TPSA) is 42.2 Å². The highest BCUT2D eigenvalue weighted by molar-refractivity contribution is 5.42. The standard InChI is InChI=1S/C10H13FN4/c1-2-3-6-12-10-13-9-5-4-8(11)7-15(9)14-10/h4-5,7H,2-3,6H2,1H3,(H,12,14). The van der Waals surface area contributed by atoms with Crippen LogP contribution < -0.4 is 5.32 Å². The molecule has 2 rings (SSSR count). The van der Waals surface area contributed by atoms with Gasteiger partial charge in [0.05, 0.1) is 6.20 Å². The summed E-state index contributed by atoms with van der Waals surface area (Å²) in [6.45, 7) is 2.96. The van der Waals surface area contributed by atoms with Crippen LogP contribution in [-0.2, 0) is 0 Å². The van der Waals surface area contributed by atoms with Crippen molar-refractivity contribution in [2.24, 2.45) is 0 Å². The van der Waals surface area contributed by atoms with E-state index < -0.39 is 0 Å². The molecule has 15 heavy (non-hydrogen) atoms. The van der Waals surface area contributed by atoms with Crippen LogP contribution in [0.3, 0.4) is 0 Å². The molecule has 0 aromatic carbocycles. The molecule has 0 bridgehead atoms. The zero-order chi connectivity index (χ0) is 10.7. The first-order chi connectivity index (χ1) is 7.29.